The molecule has 3 aromatic heterocycles. The fraction of sp³-hybridized carbons (Fsp3) is 0.583. The molecule has 8 nitrogen and oxygen atoms in total. The molecule has 1 aliphatic rings. The van der Waals surface area contributed by atoms with Gasteiger partial charge in [0.2, 0.25) is 0 Å². The van der Waals surface area contributed by atoms with E-state index in [9.17, 15) is 18.0 Å². The lowest BCUT2D eigenvalue weighted by atomic mass is 9.90. The highest BCUT2D eigenvalue weighted by Gasteiger charge is 2.28. The number of pyridine rings is 1. The molecule has 3 heterocycles. The first kappa shape index (κ1) is 25.2. The number of hydrogen-bond acceptors (Lipinski definition) is 5. The van der Waals surface area contributed by atoms with Crippen molar-refractivity contribution in [3.05, 3.63) is 35.4 Å². The normalized spacial score (nSPS) is 18.9. The van der Waals surface area contributed by atoms with Crippen molar-refractivity contribution in [1.29, 1.82) is 0 Å². The molecule has 3 N–H and O–H groups in total. The molecular formula is C24H32F3N7O. The number of fused-ring (bicyclic) bond motifs is 1. The van der Waals surface area contributed by atoms with Gasteiger partial charge in [-0.2, -0.15) is 23.4 Å². The van der Waals surface area contributed by atoms with Gasteiger partial charge in [0.25, 0.3) is 5.91 Å². The minimum atomic E-state index is -4.10. The van der Waals surface area contributed by atoms with Gasteiger partial charge in [-0.25, -0.2) is 9.50 Å². The molecule has 0 atom stereocenters. The zero-order valence-corrected chi connectivity index (χ0v) is 20.2. The van der Waals surface area contributed by atoms with Gasteiger partial charge < -0.3 is 10.6 Å². The van der Waals surface area contributed by atoms with Crippen LogP contribution >= 0.6 is 0 Å². The van der Waals surface area contributed by atoms with E-state index in [0.717, 1.165) is 53.7 Å². The second-order valence-electron chi connectivity index (χ2n) is 9.65. The molecule has 1 aliphatic carbocycles. The van der Waals surface area contributed by atoms with Gasteiger partial charge in [-0.1, -0.05) is 13.8 Å². The summed E-state index contributed by atoms with van der Waals surface area (Å²) >= 11 is 0. The third kappa shape index (κ3) is 6.01. The number of nitrogens with one attached hydrogen (secondary N) is 3. The Balaban J connectivity index is 1.38. The first-order valence-corrected chi connectivity index (χ1v) is 12.1. The predicted molar refractivity (Wildman–Crippen MR) is 126 cm³/mol. The minimum absolute atomic E-state index is 0.0182. The number of H-pyrrole nitrogens is 1. The molecule has 0 spiro atoms. The second kappa shape index (κ2) is 10.3. The lowest BCUT2D eigenvalue weighted by Gasteiger charge is -2.29. The maximum absolute atomic E-state index is 13.2. The number of aryl methyl sites for hydroxylation is 1. The molecule has 1 amide bonds. The number of rotatable bonds is 8. The Labute approximate surface area is 202 Å². The standard InChI is InChI=1S/C24H32F3N7O/c1-14(2)19-20(16-11-15(3)22-29-13-30-34(22)12-16)32-33-21(19)23(35)31-18-7-5-17(6-8-18)28-10-4-9-24(25,26)27/h11-14,17-18,28H,4-10H2,1-3H3,(H,31,35)(H,32,33). The number of nitrogens with zero attached hydrogens (tertiary/aromatic N) is 4. The van der Waals surface area contributed by atoms with E-state index in [-0.39, 0.29) is 30.3 Å². The van der Waals surface area contributed by atoms with E-state index in [1.807, 2.05) is 33.0 Å². The third-order valence-electron chi connectivity index (χ3n) is 6.58. The third-order valence-corrected chi connectivity index (χ3v) is 6.58. The molecule has 11 heteroatoms. The van der Waals surface area contributed by atoms with Gasteiger partial charge in [0.15, 0.2) is 11.3 Å². The summed E-state index contributed by atoms with van der Waals surface area (Å²) in [6.45, 7) is 6.38. The van der Waals surface area contributed by atoms with Crippen LogP contribution in [0.3, 0.4) is 0 Å². The zero-order valence-electron chi connectivity index (χ0n) is 20.2. The number of halogens is 3. The SMILES string of the molecule is Cc1cc(-c2[nH]nc(C(=O)NC3CCC(NCCCC(F)(F)F)CC3)c2C(C)C)cn2ncnc12. The van der Waals surface area contributed by atoms with Crippen molar-refractivity contribution in [3.63, 3.8) is 0 Å². The van der Waals surface area contributed by atoms with Crippen molar-refractivity contribution < 1.29 is 18.0 Å². The van der Waals surface area contributed by atoms with Crippen LogP contribution in [0.1, 0.15) is 79.9 Å². The zero-order chi connectivity index (χ0) is 25.2. The molecule has 0 saturated heterocycles. The van der Waals surface area contributed by atoms with Crippen LogP contribution in [0.4, 0.5) is 13.2 Å². The Morgan fingerprint density at radius 2 is 1.94 bits per heavy atom. The first-order valence-electron chi connectivity index (χ1n) is 12.1. The summed E-state index contributed by atoms with van der Waals surface area (Å²) < 4.78 is 38.6. The van der Waals surface area contributed by atoms with E-state index in [2.05, 4.69) is 30.9 Å². The van der Waals surface area contributed by atoms with Gasteiger partial charge in [0.1, 0.15) is 6.33 Å². The number of aromatic nitrogens is 5. The van der Waals surface area contributed by atoms with Crippen LogP contribution in [0.2, 0.25) is 0 Å². The minimum Gasteiger partial charge on any atom is -0.348 e. The maximum Gasteiger partial charge on any atom is 0.389 e. The quantitative estimate of drug-likeness (QED) is 0.402. The Morgan fingerprint density at radius 1 is 1.23 bits per heavy atom. The summed E-state index contributed by atoms with van der Waals surface area (Å²) in [6.07, 6.45) is 1.79. The predicted octanol–water partition coefficient (Wildman–Crippen LogP) is 4.52. The molecule has 0 aliphatic heterocycles. The van der Waals surface area contributed by atoms with Gasteiger partial charge >= 0.3 is 6.18 Å². The van der Waals surface area contributed by atoms with Gasteiger partial charge in [0, 0.05) is 35.8 Å². The van der Waals surface area contributed by atoms with Gasteiger partial charge in [-0.15, -0.1) is 0 Å². The topological polar surface area (TPSA) is 100 Å². The molecule has 0 radical (unpaired) electrons. The molecule has 35 heavy (non-hydrogen) atoms. The van der Waals surface area contributed by atoms with Crippen LogP contribution in [0.25, 0.3) is 16.9 Å². The number of hydrogen-bond donors (Lipinski definition) is 3. The van der Waals surface area contributed by atoms with E-state index < -0.39 is 12.6 Å². The largest absolute Gasteiger partial charge is 0.389 e. The van der Waals surface area contributed by atoms with Crippen molar-refractivity contribution in [2.45, 2.75) is 83.5 Å². The molecule has 1 saturated carbocycles. The average molecular weight is 492 g/mol. The molecule has 190 valence electrons. The molecule has 0 aromatic carbocycles. The lowest BCUT2D eigenvalue weighted by molar-refractivity contribution is -0.135. The molecular weight excluding hydrogens is 459 g/mol. The number of carbonyl (C=O) groups excluding carboxylic acids is 1. The van der Waals surface area contributed by atoms with Crippen LogP contribution in [0.15, 0.2) is 18.6 Å². The number of carbonyl (C=O) groups is 1. The van der Waals surface area contributed by atoms with E-state index in [1.54, 1.807) is 4.52 Å². The Hall–Kier alpha value is -2.95. The second-order valence-corrected chi connectivity index (χ2v) is 9.65. The lowest BCUT2D eigenvalue weighted by Crippen LogP contribution is -2.42. The summed E-state index contributed by atoms with van der Waals surface area (Å²) in [5.74, 6) is -0.149. The number of alkyl halides is 3. The van der Waals surface area contributed by atoms with Crippen LogP contribution < -0.4 is 10.6 Å². The van der Waals surface area contributed by atoms with E-state index in [1.165, 1.54) is 6.33 Å². The van der Waals surface area contributed by atoms with Crippen molar-refractivity contribution in [2.24, 2.45) is 0 Å². The van der Waals surface area contributed by atoms with E-state index in [4.69, 9.17) is 0 Å². The van der Waals surface area contributed by atoms with Crippen molar-refractivity contribution in [2.75, 3.05) is 6.54 Å². The fourth-order valence-electron chi connectivity index (χ4n) is 4.83. The van der Waals surface area contributed by atoms with Crippen LogP contribution in [0, 0.1) is 6.92 Å². The van der Waals surface area contributed by atoms with Crippen molar-refractivity contribution in [1.82, 2.24) is 35.4 Å². The van der Waals surface area contributed by atoms with Gasteiger partial charge in [0.05, 0.1) is 5.69 Å². The van der Waals surface area contributed by atoms with Gasteiger partial charge in [-0.05, 0) is 63.1 Å². The smallest absolute Gasteiger partial charge is 0.348 e. The highest BCUT2D eigenvalue weighted by Crippen LogP contribution is 2.31. The van der Waals surface area contributed by atoms with Crippen LogP contribution in [-0.2, 0) is 0 Å². The highest BCUT2D eigenvalue weighted by atomic mass is 19.4. The van der Waals surface area contributed by atoms with Crippen molar-refractivity contribution in [3.8, 4) is 11.3 Å². The molecule has 0 unspecified atom stereocenters. The maximum atomic E-state index is 13.2. The monoisotopic (exact) mass is 491 g/mol. The van der Waals surface area contributed by atoms with E-state index >= 15 is 0 Å². The molecule has 3 aromatic rings. The molecule has 1 fully saturated rings. The Kier molecular flexibility index (Phi) is 7.44. The van der Waals surface area contributed by atoms with Crippen LogP contribution in [-0.4, -0.2) is 55.5 Å². The summed E-state index contributed by atoms with van der Waals surface area (Å²) in [7, 11) is 0. The fourth-order valence-corrected chi connectivity index (χ4v) is 4.83. The average Bonchev–Trinajstić information content (AvgIpc) is 3.44. The first-order chi connectivity index (χ1) is 16.6. The molecule has 0 bridgehead atoms. The summed E-state index contributed by atoms with van der Waals surface area (Å²) in [6, 6.07) is 2.22. The summed E-state index contributed by atoms with van der Waals surface area (Å²) in [5.41, 5.74) is 4.66. The number of aromatic amines is 1. The van der Waals surface area contributed by atoms with E-state index in [0.29, 0.717) is 12.2 Å². The summed E-state index contributed by atoms with van der Waals surface area (Å²) in [5, 5.41) is 18.0. The Morgan fingerprint density at radius 3 is 2.63 bits per heavy atom. The number of amides is 1. The van der Waals surface area contributed by atoms with Gasteiger partial charge in [-0.3, -0.25) is 9.89 Å². The van der Waals surface area contributed by atoms with Crippen LogP contribution in [0.5, 0.6) is 0 Å². The highest BCUT2D eigenvalue weighted by molar-refractivity contribution is 5.96. The Bertz CT molecular complexity index is 1160. The van der Waals surface area contributed by atoms with Crippen molar-refractivity contribution >= 4 is 11.6 Å². The summed E-state index contributed by atoms with van der Waals surface area (Å²) in [4.78, 5) is 17.4. The molecule has 4 rings (SSSR count).